The molecule has 0 aliphatic heterocycles. The van der Waals surface area contributed by atoms with Gasteiger partial charge in [0.25, 0.3) is 5.91 Å². The van der Waals surface area contributed by atoms with Crippen LogP contribution in [0.1, 0.15) is 10.4 Å². The lowest BCUT2D eigenvalue weighted by Crippen LogP contribution is -2.23. The number of carbonyl (C=O) groups is 1. The lowest BCUT2D eigenvalue weighted by Gasteiger charge is -2.06. The fourth-order valence-electron chi connectivity index (χ4n) is 2.27. The number of benzene rings is 2. The van der Waals surface area contributed by atoms with Crippen LogP contribution in [0, 0.1) is 0 Å². The zero-order valence-electron chi connectivity index (χ0n) is 12.8. The van der Waals surface area contributed by atoms with Crippen LogP contribution in [-0.2, 0) is 0 Å². The average molecular weight is 339 g/mol. The molecule has 0 unspecified atom stereocenters. The molecular formula is C19H15ClN2O2. The van der Waals surface area contributed by atoms with E-state index in [9.17, 15) is 4.79 Å². The zero-order chi connectivity index (χ0) is 16.9. The maximum Gasteiger partial charge on any atom is 0.252 e. The van der Waals surface area contributed by atoms with E-state index in [0.717, 1.165) is 5.56 Å². The topological polar surface area (TPSA) is 55.1 Å². The van der Waals surface area contributed by atoms with Gasteiger partial charge in [-0.05, 0) is 36.4 Å². The van der Waals surface area contributed by atoms with Crippen molar-refractivity contribution in [1.29, 1.82) is 0 Å². The molecule has 0 radical (unpaired) electrons. The van der Waals surface area contributed by atoms with E-state index < -0.39 is 0 Å². The summed E-state index contributed by atoms with van der Waals surface area (Å²) >= 11 is 5.90. The van der Waals surface area contributed by atoms with Crippen molar-refractivity contribution in [2.75, 3.05) is 6.54 Å². The molecule has 3 aromatic rings. The molecule has 0 fully saturated rings. The summed E-state index contributed by atoms with van der Waals surface area (Å²) in [7, 11) is 0. The summed E-state index contributed by atoms with van der Waals surface area (Å²) in [6.45, 7) is 3.99. The first-order valence-corrected chi connectivity index (χ1v) is 7.77. The molecule has 3 rings (SSSR count). The van der Waals surface area contributed by atoms with E-state index in [2.05, 4.69) is 16.9 Å². The highest BCUT2D eigenvalue weighted by Gasteiger charge is 2.16. The van der Waals surface area contributed by atoms with Gasteiger partial charge >= 0.3 is 0 Å². The minimum atomic E-state index is -0.197. The Morgan fingerprint density at radius 3 is 2.71 bits per heavy atom. The van der Waals surface area contributed by atoms with E-state index in [-0.39, 0.29) is 5.91 Å². The van der Waals surface area contributed by atoms with Gasteiger partial charge in [-0.15, -0.1) is 6.58 Å². The van der Waals surface area contributed by atoms with Crippen LogP contribution < -0.4 is 5.32 Å². The Labute approximate surface area is 144 Å². The van der Waals surface area contributed by atoms with Crippen LogP contribution in [0.2, 0.25) is 5.02 Å². The van der Waals surface area contributed by atoms with E-state index in [0.29, 0.717) is 34.3 Å². The molecule has 0 saturated heterocycles. The average Bonchev–Trinajstić information content (AvgIpc) is 3.10. The highest BCUT2D eigenvalue weighted by atomic mass is 35.5. The smallest absolute Gasteiger partial charge is 0.252 e. The Morgan fingerprint density at radius 2 is 1.96 bits per heavy atom. The van der Waals surface area contributed by atoms with Crippen molar-refractivity contribution in [2.45, 2.75) is 0 Å². The molecule has 5 heteroatoms. The number of oxazole rings is 1. The molecule has 1 heterocycles. The first kappa shape index (κ1) is 16.0. The molecule has 4 nitrogen and oxygen atoms in total. The molecule has 1 N–H and O–H groups in total. The van der Waals surface area contributed by atoms with Crippen molar-refractivity contribution < 1.29 is 9.21 Å². The van der Waals surface area contributed by atoms with Gasteiger partial charge in [0.05, 0.1) is 11.8 Å². The van der Waals surface area contributed by atoms with E-state index in [1.54, 1.807) is 42.6 Å². The van der Waals surface area contributed by atoms with Gasteiger partial charge in [0, 0.05) is 22.7 Å². The number of rotatable bonds is 5. The van der Waals surface area contributed by atoms with Gasteiger partial charge in [-0.3, -0.25) is 4.79 Å². The monoisotopic (exact) mass is 338 g/mol. The number of nitrogens with zero attached hydrogens (tertiary/aromatic N) is 1. The minimum absolute atomic E-state index is 0.197. The van der Waals surface area contributed by atoms with Crippen molar-refractivity contribution in [3.8, 4) is 22.8 Å². The Morgan fingerprint density at radius 1 is 1.21 bits per heavy atom. The second-order valence-corrected chi connectivity index (χ2v) is 5.52. The van der Waals surface area contributed by atoms with Gasteiger partial charge in [-0.25, -0.2) is 4.98 Å². The summed E-state index contributed by atoms with van der Waals surface area (Å²) in [5.41, 5.74) is 2.01. The Hall–Kier alpha value is -2.85. The van der Waals surface area contributed by atoms with Gasteiger partial charge in [0.2, 0.25) is 5.89 Å². The fraction of sp³-hybridized carbons (Fsp3) is 0.0526. The molecule has 0 bridgehead atoms. The SMILES string of the molecule is C=CCNC(=O)c1ccccc1-c1ncc(-c2ccc(Cl)cc2)o1. The lowest BCUT2D eigenvalue weighted by atomic mass is 10.1. The van der Waals surface area contributed by atoms with E-state index in [4.69, 9.17) is 16.0 Å². The number of nitrogens with one attached hydrogen (secondary N) is 1. The Balaban J connectivity index is 1.94. The molecule has 1 amide bonds. The van der Waals surface area contributed by atoms with Crippen LogP contribution in [0.3, 0.4) is 0 Å². The predicted molar refractivity (Wildman–Crippen MR) is 94.9 cm³/mol. The number of halogens is 1. The second-order valence-electron chi connectivity index (χ2n) is 5.08. The molecule has 1 aromatic heterocycles. The molecule has 0 aliphatic carbocycles. The third kappa shape index (κ3) is 3.39. The van der Waals surface area contributed by atoms with E-state index in [1.807, 2.05) is 18.2 Å². The summed E-state index contributed by atoms with van der Waals surface area (Å²) in [5.74, 6) is 0.809. The molecule has 0 atom stereocenters. The highest BCUT2D eigenvalue weighted by molar-refractivity contribution is 6.30. The van der Waals surface area contributed by atoms with E-state index in [1.165, 1.54) is 0 Å². The summed E-state index contributed by atoms with van der Waals surface area (Å²) < 4.78 is 5.84. The lowest BCUT2D eigenvalue weighted by molar-refractivity contribution is 0.0958. The van der Waals surface area contributed by atoms with E-state index >= 15 is 0 Å². The fourth-order valence-corrected chi connectivity index (χ4v) is 2.40. The van der Waals surface area contributed by atoms with Crippen molar-refractivity contribution in [2.24, 2.45) is 0 Å². The van der Waals surface area contributed by atoms with Crippen molar-refractivity contribution in [3.05, 3.63) is 78.0 Å². The Bertz CT molecular complexity index is 869. The molecule has 0 aliphatic rings. The second kappa shape index (κ2) is 7.15. The molecule has 2 aromatic carbocycles. The molecule has 24 heavy (non-hydrogen) atoms. The summed E-state index contributed by atoms with van der Waals surface area (Å²) in [6.07, 6.45) is 3.27. The zero-order valence-corrected chi connectivity index (χ0v) is 13.6. The van der Waals surface area contributed by atoms with Crippen molar-refractivity contribution in [1.82, 2.24) is 10.3 Å². The van der Waals surface area contributed by atoms with Crippen LogP contribution >= 0.6 is 11.6 Å². The van der Waals surface area contributed by atoms with Crippen LogP contribution in [0.25, 0.3) is 22.8 Å². The van der Waals surface area contributed by atoms with Crippen molar-refractivity contribution in [3.63, 3.8) is 0 Å². The quantitative estimate of drug-likeness (QED) is 0.693. The predicted octanol–water partition coefficient (Wildman–Crippen LogP) is 4.58. The normalized spacial score (nSPS) is 10.4. The number of aromatic nitrogens is 1. The Kier molecular flexibility index (Phi) is 4.77. The summed E-state index contributed by atoms with van der Waals surface area (Å²) in [4.78, 5) is 16.6. The standard InChI is InChI=1S/C19H15ClN2O2/c1-2-11-21-18(23)15-5-3-4-6-16(15)19-22-12-17(24-19)13-7-9-14(20)10-8-13/h2-10,12H,1,11H2,(H,21,23). The van der Waals surface area contributed by atoms with Gasteiger partial charge in [-0.1, -0.05) is 29.8 Å². The van der Waals surface area contributed by atoms with Gasteiger partial charge in [-0.2, -0.15) is 0 Å². The number of hydrogen-bond donors (Lipinski definition) is 1. The van der Waals surface area contributed by atoms with Gasteiger partial charge in [0.1, 0.15) is 0 Å². The maximum absolute atomic E-state index is 12.3. The first-order chi connectivity index (χ1) is 11.7. The van der Waals surface area contributed by atoms with Gasteiger partial charge < -0.3 is 9.73 Å². The maximum atomic E-state index is 12.3. The minimum Gasteiger partial charge on any atom is -0.436 e. The highest BCUT2D eigenvalue weighted by Crippen LogP contribution is 2.28. The molecule has 0 saturated carbocycles. The summed E-state index contributed by atoms with van der Waals surface area (Å²) in [5, 5.41) is 3.42. The van der Waals surface area contributed by atoms with Gasteiger partial charge in [0.15, 0.2) is 5.76 Å². The summed E-state index contributed by atoms with van der Waals surface area (Å²) in [6, 6.07) is 14.5. The van der Waals surface area contributed by atoms with Crippen LogP contribution in [0.5, 0.6) is 0 Å². The molecular weight excluding hydrogens is 324 g/mol. The third-order valence-electron chi connectivity index (χ3n) is 3.44. The first-order valence-electron chi connectivity index (χ1n) is 7.39. The number of hydrogen-bond acceptors (Lipinski definition) is 3. The van der Waals surface area contributed by atoms with Crippen LogP contribution in [0.4, 0.5) is 0 Å². The number of carbonyl (C=O) groups excluding carboxylic acids is 1. The number of amides is 1. The molecule has 120 valence electrons. The molecule has 0 spiro atoms. The van der Waals surface area contributed by atoms with Crippen molar-refractivity contribution >= 4 is 17.5 Å². The van der Waals surface area contributed by atoms with Crippen LogP contribution in [-0.4, -0.2) is 17.4 Å². The van der Waals surface area contributed by atoms with Crippen LogP contribution in [0.15, 0.2) is 71.8 Å². The largest absolute Gasteiger partial charge is 0.436 e. The third-order valence-corrected chi connectivity index (χ3v) is 3.70.